The van der Waals surface area contributed by atoms with Crippen molar-refractivity contribution < 1.29 is 29.7 Å². The van der Waals surface area contributed by atoms with Crippen molar-refractivity contribution in [2.45, 2.75) is 94.3 Å². The zero-order chi connectivity index (χ0) is 38.9. The second kappa shape index (κ2) is 18.7. The van der Waals surface area contributed by atoms with E-state index in [4.69, 9.17) is 11.5 Å². The Kier molecular flexibility index (Phi) is 13.6. The quantitative estimate of drug-likeness (QED) is 0.0464. The van der Waals surface area contributed by atoms with E-state index in [-0.39, 0.29) is 60.8 Å². The summed E-state index contributed by atoms with van der Waals surface area (Å²) in [5, 5.41) is 38.4. The first-order chi connectivity index (χ1) is 26.7. The van der Waals surface area contributed by atoms with Gasteiger partial charge in [0.2, 0.25) is 0 Å². The number of carboxylic acids is 1. The third-order valence-electron chi connectivity index (χ3n) is 12.0. The van der Waals surface area contributed by atoms with Crippen molar-refractivity contribution in [1.82, 2.24) is 10.3 Å². The number of aliphatic hydroxyl groups is 2. The van der Waals surface area contributed by atoms with Gasteiger partial charge in [-0.3, -0.25) is 0 Å². The van der Waals surface area contributed by atoms with Crippen LogP contribution in [0.5, 0.6) is 0 Å². The number of hydrogen-bond acceptors (Lipinski definition) is 10. The Labute approximate surface area is 322 Å². The van der Waals surface area contributed by atoms with Gasteiger partial charge in [-0.1, -0.05) is 42.5 Å². The number of rotatable bonds is 20. The summed E-state index contributed by atoms with van der Waals surface area (Å²) in [6.45, 7) is -0.0959. The fourth-order valence-electron chi connectivity index (χ4n) is 9.25. The highest BCUT2D eigenvalue weighted by Crippen LogP contribution is 2.52. The lowest BCUT2D eigenvalue weighted by molar-refractivity contribution is -0.131. The standard InChI is InChI=1S/C43H56N6O6/c44-33(11-6-27(24-52)3-2-15-50)12-10-28-8-9-30-19-32-18-29-7-5-26(13-16-51)17-31(29)20-35(32)42(28)36(30)22-39(48-40-4-1-14-46-40)37(23-41(54)55)38-21-34(25-53)47-43(45)49-38/h1,4-5,7-9,14,16-18,20,23-24,27-28,30,33-34,36,38-39,42,46,48,50,53H,2-3,6,10-13,15,19,21-22,25,44H2,(H,54,55)(H3,45,47,49)/b37-23+/t27-,28-,30-,33-,34-,36+,38+,39-,42+/m1/s1. The van der Waals surface area contributed by atoms with E-state index in [0.717, 1.165) is 60.4 Å². The summed E-state index contributed by atoms with van der Waals surface area (Å²) in [6, 6.07) is 13.2. The maximum Gasteiger partial charge on any atom is 0.328 e. The van der Waals surface area contributed by atoms with Crippen molar-refractivity contribution in [3.05, 3.63) is 89.2 Å². The van der Waals surface area contributed by atoms with Crippen LogP contribution in [0.4, 0.5) is 5.82 Å². The van der Waals surface area contributed by atoms with Crippen LogP contribution in [0.3, 0.4) is 0 Å². The number of nitrogens with two attached hydrogens (primary N) is 2. The van der Waals surface area contributed by atoms with Crippen LogP contribution in [0.15, 0.2) is 77.5 Å². The van der Waals surface area contributed by atoms with Gasteiger partial charge in [0.25, 0.3) is 0 Å². The summed E-state index contributed by atoms with van der Waals surface area (Å²) < 4.78 is 0. The van der Waals surface area contributed by atoms with Crippen molar-refractivity contribution in [3.8, 4) is 0 Å². The van der Waals surface area contributed by atoms with Crippen molar-refractivity contribution in [3.63, 3.8) is 0 Å². The van der Waals surface area contributed by atoms with Crippen LogP contribution >= 0.6 is 0 Å². The number of aliphatic hydroxyl groups excluding tert-OH is 2. The van der Waals surface area contributed by atoms with Gasteiger partial charge in [0.15, 0.2) is 5.96 Å². The van der Waals surface area contributed by atoms with E-state index in [0.29, 0.717) is 44.1 Å². The van der Waals surface area contributed by atoms with Crippen molar-refractivity contribution in [1.29, 1.82) is 0 Å². The molecule has 1 aromatic heterocycles. The molecule has 2 aliphatic carbocycles. The molecule has 12 heteroatoms. The zero-order valence-corrected chi connectivity index (χ0v) is 31.4. The maximum absolute atomic E-state index is 12.5. The lowest BCUT2D eigenvalue weighted by atomic mass is 9.58. The smallest absolute Gasteiger partial charge is 0.328 e. The highest BCUT2D eigenvalue weighted by atomic mass is 16.4. The van der Waals surface area contributed by atoms with Crippen LogP contribution < -0.4 is 22.1 Å². The fourth-order valence-corrected chi connectivity index (χ4v) is 9.25. The molecule has 294 valence electrons. The number of carboxylic acid groups (broad SMARTS) is 1. The number of hydrogen-bond donors (Lipinski definition) is 8. The van der Waals surface area contributed by atoms with Gasteiger partial charge in [-0.05, 0) is 127 Å². The lowest BCUT2D eigenvalue weighted by Crippen LogP contribution is -2.50. The van der Waals surface area contributed by atoms with Gasteiger partial charge >= 0.3 is 5.97 Å². The monoisotopic (exact) mass is 752 g/mol. The number of nitrogens with zero attached hydrogens (tertiary/aromatic N) is 1. The number of benzene rings is 2. The Morgan fingerprint density at radius 2 is 1.91 bits per heavy atom. The lowest BCUT2D eigenvalue weighted by Gasteiger charge is -2.47. The molecule has 10 N–H and O–H groups in total. The number of aromatic amines is 1. The number of aliphatic carboxylic acids is 1. The molecule has 0 unspecified atom stereocenters. The fraction of sp³-hybridized carbons (Fsp3) is 0.488. The van der Waals surface area contributed by atoms with E-state index in [1.165, 1.54) is 17.2 Å². The molecule has 0 amide bonds. The SMILES string of the molecule is NC1=N[C@H](/C(=C\C(=O)O)[C@@H](C[C@@H]2[C@@H]3c4cc5cc(CC=O)ccc5cc4C[C@H]2C=C[C@@H]3CC[C@H](N)CC[C@H](C=O)CCCO)Nc2ccc[nH]2)C[C@H](CO)N1. The molecule has 2 aromatic carbocycles. The molecule has 12 nitrogen and oxygen atoms in total. The number of aromatic nitrogens is 1. The van der Waals surface area contributed by atoms with Crippen LogP contribution in [0.25, 0.3) is 10.8 Å². The number of nitrogens with one attached hydrogen (secondary N) is 3. The molecule has 0 radical (unpaired) electrons. The Balaban J connectivity index is 1.36. The molecule has 9 atom stereocenters. The summed E-state index contributed by atoms with van der Waals surface area (Å²) >= 11 is 0. The molecule has 3 aliphatic rings. The van der Waals surface area contributed by atoms with Gasteiger partial charge in [0.1, 0.15) is 18.4 Å². The number of aliphatic imine (C=N–C) groups is 1. The van der Waals surface area contributed by atoms with E-state index < -0.39 is 18.1 Å². The van der Waals surface area contributed by atoms with Crippen molar-refractivity contribution in [2.24, 2.45) is 40.1 Å². The Morgan fingerprint density at radius 1 is 1.05 bits per heavy atom. The van der Waals surface area contributed by atoms with Crippen LogP contribution in [0.2, 0.25) is 0 Å². The molecule has 2 bridgehead atoms. The third-order valence-corrected chi connectivity index (χ3v) is 12.0. The predicted molar refractivity (Wildman–Crippen MR) is 215 cm³/mol. The molecule has 2 heterocycles. The molecular formula is C43H56N6O6. The molecule has 1 aliphatic heterocycles. The minimum Gasteiger partial charge on any atom is -0.478 e. The first kappa shape index (κ1) is 39.9. The topological polar surface area (TPSA) is 216 Å². The molecule has 6 rings (SSSR count). The zero-order valence-electron chi connectivity index (χ0n) is 31.4. The Hall–Kier alpha value is -4.78. The molecule has 55 heavy (non-hydrogen) atoms. The van der Waals surface area contributed by atoms with Crippen LogP contribution in [0.1, 0.15) is 74.0 Å². The highest BCUT2D eigenvalue weighted by Gasteiger charge is 2.44. The van der Waals surface area contributed by atoms with Gasteiger partial charge in [-0.25, -0.2) is 9.79 Å². The van der Waals surface area contributed by atoms with E-state index in [2.05, 4.69) is 57.0 Å². The number of aldehydes is 2. The van der Waals surface area contributed by atoms with Crippen LogP contribution in [0, 0.1) is 23.7 Å². The number of anilines is 1. The van der Waals surface area contributed by atoms with Gasteiger partial charge in [0, 0.05) is 37.3 Å². The minimum atomic E-state index is -1.08. The summed E-state index contributed by atoms with van der Waals surface area (Å²) in [6.07, 6.45) is 16.2. The summed E-state index contributed by atoms with van der Waals surface area (Å²) in [7, 11) is 0. The second-order valence-electron chi connectivity index (χ2n) is 15.7. The second-order valence-corrected chi connectivity index (χ2v) is 15.7. The number of carbonyl (C=O) groups is 3. The van der Waals surface area contributed by atoms with Crippen molar-refractivity contribution in [2.75, 3.05) is 18.5 Å². The average Bonchev–Trinajstić information content (AvgIpc) is 3.69. The Bertz CT molecular complexity index is 1870. The number of guanidine groups is 1. The molecular weight excluding hydrogens is 697 g/mol. The number of fused-ring (bicyclic) bond motifs is 5. The van der Waals surface area contributed by atoms with Crippen LogP contribution in [-0.2, 0) is 27.2 Å². The maximum atomic E-state index is 12.5. The molecule has 0 saturated carbocycles. The first-order valence-electron chi connectivity index (χ1n) is 19.7. The van der Waals surface area contributed by atoms with E-state index >= 15 is 0 Å². The van der Waals surface area contributed by atoms with Gasteiger partial charge in [0.05, 0.1) is 24.7 Å². The van der Waals surface area contributed by atoms with E-state index in [1.54, 1.807) is 0 Å². The number of carbonyl (C=O) groups excluding carboxylic acids is 2. The van der Waals surface area contributed by atoms with E-state index in [9.17, 15) is 29.7 Å². The molecule has 3 aromatic rings. The summed E-state index contributed by atoms with van der Waals surface area (Å²) in [4.78, 5) is 43.5. The predicted octanol–water partition coefficient (Wildman–Crippen LogP) is 4.36. The molecule has 0 saturated heterocycles. The first-order valence-corrected chi connectivity index (χ1v) is 19.7. The van der Waals surface area contributed by atoms with Gasteiger partial charge < -0.3 is 52.0 Å². The summed E-state index contributed by atoms with van der Waals surface area (Å²) in [5.41, 5.74) is 17.0. The molecule has 0 spiro atoms. The van der Waals surface area contributed by atoms with E-state index in [1.807, 2.05) is 24.4 Å². The number of H-pyrrole nitrogens is 1. The van der Waals surface area contributed by atoms with Crippen LogP contribution in [-0.4, -0.2) is 82.2 Å². The Morgan fingerprint density at radius 3 is 2.64 bits per heavy atom. The number of allylic oxidation sites excluding steroid dienone is 2. The van der Waals surface area contributed by atoms with Gasteiger partial charge in [-0.2, -0.15) is 0 Å². The average molecular weight is 753 g/mol. The van der Waals surface area contributed by atoms with Gasteiger partial charge in [-0.15, -0.1) is 0 Å². The van der Waals surface area contributed by atoms with Crippen molar-refractivity contribution >= 4 is 41.1 Å². The molecule has 0 fully saturated rings. The summed E-state index contributed by atoms with van der Waals surface area (Å²) in [5.74, 6) is 0.311. The third kappa shape index (κ3) is 9.91. The highest BCUT2D eigenvalue weighted by molar-refractivity contribution is 5.86. The minimum absolute atomic E-state index is 0.0698. The normalized spacial score (nSPS) is 24.9. The largest absolute Gasteiger partial charge is 0.478 e.